The second kappa shape index (κ2) is 6.75. The number of aliphatic hydroxyl groups excluding tert-OH is 1. The van der Waals surface area contributed by atoms with Gasteiger partial charge >= 0.3 is 5.97 Å². The van der Waals surface area contributed by atoms with Crippen molar-refractivity contribution in [2.24, 2.45) is 5.92 Å². The predicted molar refractivity (Wildman–Crippen MR) is 76.2 cm³/mol. The van der Waals surface area contributed by atoms with E-state index in [1.807, 2.05) is 0 Å². The molecule has 0 aromatic heterocycles. The van der Waals surface area contributed by atoms with Crippen LogP contribution in [0.15, 0.2) is 18.2 Å². The Morgan fingerprint density at radius 1 is 1.40 bits per heavy atom. The molecule has 4 heteroatoms. The van der Waals surface area contributed by atoms with Gasteiger partial charge in [-0.1, -0.05) is 31.7 Å². The summed E-state index contributed by atoms with van der Waals surface area (Å²) in [6.07, 6.45) is 5.22. The van der Waals surface area contributed by atoms with Crippen molar-refractivity contribution in [3.63, 3.8) is 0 Å². The summed E-state index contributed by atoms with van der Waals surface area (Å²) in [5, 5.41) is 19.1. The molecular weight excluding hydrogens is 256 g/mol. The summed E-state index contributed by atoms with van der Waals surface area (Å²) >= 11 is 0. The fraction of sp³-hybridized carbons (Fsp3) is 0.562. The average Bonchev–Trinajstić information content (AvgIpc) is 2.90. The number of aromatic carboxylic acids is 1. The zero-order valence-electron chi connectivity index (χ0n) is 11.8. The van der Waals surface area contributed by atoms with Gasteiger partial charge in [-0.15, -0.1) is 0 Å². The van der Waals surface area contributed by atoms with Crippen LogP contribution in [0.2, 0.25) is 0 Å². The number of hydrogen-bond acceptors (Lipinski definition) is 3. The quantitative estimate of drug-likeness (QED) is 0.839. The van der Waals surface area contributed by atoms with Crippen LogP contribution in [0.4, 0.5) is 0 Å². The highest BCUT2D eigenvalue weighted by Gasteiger charge is 2.19. The summed E-state index contributed by atoms with van der Waals surface area (Å²) in [5.41, 5.74) is 0.848. The van der Waals surface area contributed by atoms with Crippen LogP contribution in [-0.2, 0) is 0 Å². The van der Waals surface area contributed by atoms with Crippen LogP contribution in [0.1, 0.15) is 48.0 Å². The highest BCUT2D eigenvalue weighted by Crippen LogP contribution is 2.29. The third-order valence-corrected chi connectivity index (χ3v) is 4.03. The molecule has 1 fully saturated rings. The Hall–Kier alpha value is -1.55. The average molecular weight is 278 g/mol. The first-order valence-electron chi connectivity index (χ1n) is 7.21. The van der Waals surface area contributed by atoms with Gasteiger partial charge in [0.25, 0.3) is 0 Å². The summed E-state index contributed by atoms with van der Waals surface area (Å²) in [5.74, 6) is 0.190. The first-order chi connectivity index (χ1) is 9.58. The number of carboxylic acid groups (broad SMARTS) is 1. The van der Waals surface area contributed by atoms with Gasteiger partial charge in [-0.05, 0) is 31.4 Å². The molecule has 0 radical (unpaired) electrons. The van der Waals surface area contributed by atoms with E-state index in [1.165, 1.54) is 25.7 Å². The minimum absolute atomic E-state index is 0.223. The van der Waals surface area contributed by atoms with E-state index in [0.29, 0.717) is 17.2 Å². The Kier molecular flexibility index (Phi) is 5.01. The fourth-order valence-corrected chi connectivity index (χ4v) is 2.89. The first kappa shape index (κ1) is 14.9. The molecule has 0 amide bonds. The molecule has 1 atom stereocenters. The maximum absolute atomic E-state index is 11.0. The van der Waals surface area contributed by atoms with Crippen molar-refractivity contribution in [2.45, 2.75) is 45.1 Å². The zero-order chi connectivity index (χ0) is 14.5. The predicted octanol–water partition coefficient (Wildman–Crippen LogP) is 3.01. The third kappa shape index (κ3) is 3.73. The zero-order valence-corrected chi connectivity index (χ0v) is 11.8. The molecule has 1 aromatic rings. The van der Waals surface area contributed by atoms with Gasteiger partial charge in [0.1, 0.15) is 12.4 Å². The standard InChI is InChI=1S/C16H22O4/c1-11-14(16(18)19)7-4-8-15(11)20-10-13(17)9-12-5-2-3-6-12/h4,7-8,12-13,17H,2-3,5-6,9-10H2,1H3,(H,18,19). The molecule has 1 saturated carbocycles. The number of carbonyl (C=O) groups is 1. The van der Waals surface area contributed by atoms with Crippen LogP contribution >= 0.6 is 0 Å². The van der Waals surface area contributed by atoms with Crippen LogP contribution in [0, 0.1) is 12.8 Å². The smallest absolute Gasteiger partial charge is 0.336 e. The van der Waals surface area contributed by atoms with Crippen LogP contribution < -0.4 is 4.74 Å². The van der Waals surface area contributed by atoms with E-state index >= 15 is 0 Å². The number of benzene rings is 1. The lowest BCUT2D eigenvalue weighted by Crippen LogP contribution is -2.20. The van der Waals surface area contributed by atoms with Gasteiger partial charge in [0.15, 0.2) is 0 Å². The van der Waals surface area contributed by atoms with Gasteiger partial charge in [-0.2, -0.15) is 0 Å². The van der Waals surface area contributed by atoms with E-state index in [2.05, 4.69) is 0 Å². The van der Waals surface area contributed by atoms with Crippen molar-refractivity contribution in [3.05, 3.63) is 29.3 Å². The summed E-state index contributed by atoms with van der Waals surface area (Å²) in [6, 6.07) is 4.96. The van der Waals surface area contributed by atoms with E-state index in [0.717, 1.165) is 6.42 Å². The van der Waals surface area contributed by atoms with Crippen molar-refractivity contribution in [3.8, 4) is 5.75 Å². The molecule has 110 valence electrons. The second-order valence-corrected chi connectivity index (χ2v) is 5.58. The van der Waals surface area contributed by atoms with Gasteiger partial charge < -0.3 is 14.9 Å². The maximum atomic E-state index is 11.0. The molecule has 1 aliphatic rings. The largest absolute Gasteiger partial charge is 0.491 e. The monoisotopic (exact) mass is 278 g/mol. The SMILES string of the molecule is Cc1c(OCC(O)CC2CCCC2)cccc1C(=O)O. The van der Waals surface area contributed by atoms with Crippen LogP contribution in [0.25, 0.3) is 0 Å². The van der Waals surface area contributed by atoms with E-state index in [4.69, 9.17) is 9.84 Å². The van der Waals surface area contributed by atoms with Crippen LogP contribution in [0.5, 0.6) is 5.75 Å². The summed E-state index contributed by atoms with van der Waals surface area (Å²) in [6.45, 7) is 1.95. The first-order valence-corrected chi connectivity index (χ1v) is 7.21. The normalized spacial score (nSPS) is 17.1. The van der Waals surface area contributed by atoms with Gasteiger partial charge in [-0.3, -0.25) is 0 Å². The van der Waals surface area contributed by atoms with E-state index in [9.17, 15) is 9.90 Å². The Morgan fingerprint density at radius 2 is 2.10 bits per heavy atom. The third-order valence-electron chi connectivity index (χ3n) is 4.03. The van der Waals surface area contributed by atoms with E-state index in [-0.39, 0.29) is 12.2 Å². The highest BCUT2D eigenvalue weighted by atomic mass is 16.5. The maximum Gasteiger partial charge on any atom is 0.336 e. The van der Waals surface area contributed by atoms with Crippen molar-refractivity contribution < 1.29 is 19.7 Å². The summed E-state index contributed by atoms with van der Waals surface area (Å²) in [4.78, 5) is 11.0. The molecule has 4 nitrogen and oxygen atoms in total. The van der Waals surface area contributed by atoms with Gasteiger partial charge in [0, 0.05) is 5.56 Å². The Labute approximate surface area is 119 Å². The lowest BCUT2D eigenvalue weighted by atomic mass is 10.0. The minimum Gasteiger partial charge on any atom is -0.491 e. The lowest BCUT2D eigenvalue weighted by molar-refractivity contribution is 0.0694. The Balaban J connectivity index is 1.90. The van der Waals surface area contributed by atoms with Crippen molar-refractivity contribution in [1.29, 1.82) is 0 Å². The summed E-state index contributed by atoms with van der Waals surface area (Å²) in [7, 11) is 0. The second-order valence-electron chi connectivity index (χ2n) is 5.58. The molecule has 20 heavy (non-hydrogen) atoms. The van der Waals surface area contributed by atoms with Crippen LogP contribution in [0.3, 0.4) is 0 Å². The molecule has 0 aliphatic heterocycles. The van der Waals surface area contributed by atoms with Gasteiger partial charge in [0.05, 0.1) is 11.7 Å². The molecule has 1 aliphatic carbocycles. The fourth-order valence-electron chi connectivity index (χ4n) is 2.89. The molecule has 0 saturated heterocycles. The summed E-state index contributed by atoms with van der Waals surface area (Å²) < 4.78 is 5.59. The number of carboxylic acids is 1. The minimum atomic E-state index is -0.959. The van der Waals surface area contributed by atoms with Crippen molar-refractivity contribution in [2.75, 3.05) is 6.61 Å². The number of ether oxygens (including phenoxy) is 1. The Bertz CT molecular complexity index is 464. The topological polar surface area (TPSA) is 66.8 Å². The Morgan fingerprint density at radius 3 is 2.75 bits per heavy atom. The number of aliphatic hydroxyl groups is 1. The van der Waals surface area contributed by atoms with Gasteiger partial charge in [-0.25, -0.2) is 4.79 Å². The molecular formula is C16H22O4. The van der Waals surface area contributed by atoms with Crippen LogP contribution in [-0.4, -0.2) is 28.9 Å². The molecule has 1 aromatic carbocycles. The molecule has 0 heterocycles. The van der Waals surface area contributed by atoms with E-state index in [1.54, 1.807) is 25.1 Å². The van der Waals surface area contributed by atoms with Crippen molar-refractivity contribution >= 4 is 5.97 Å². The number of hydrogen-bond donors (Lipinski definition) is 2. The lowest BCUT2D eigenvalue weighted by Gasteiger charge is -2.17. The molecule has 2 N–H and O–H groups in total. The van der Waals surface area contributed by atoms with Gasteiger partial charge in [0.2, 0.25) is 0 Å². The molecule has 2 rings (SSSR count). The van der Waals surface area contributed by atoms with E-state index < -0.39 is 12.1 Å². The molecule has 1 unspecified atom stereocenters. The number of rotatable bonds is 6. The molecule has 0 spiro atoms. The molecule has 0 bridgehead atoms. The highest BCUT2D eigenvalue weighted by molar-refractivity contribution is 5.90. The van der Waals surface area contributed by atoms with Crippen molar-refractivity contribution in [1.82, 2.24) is 0 Å².